The van der Waals surface area contributed by atoms with Gasteiger partial charge >= 0.3 is 0 Å². The van der Waals surface area contributed by atoms with E-state index in [1.807, 2.05) is 0 Å². The second-order valence-electron chi connectivity index (χ2n) is 2.18. The molecule has 4 N–H and O–H groups in total. The first-order valence-corrected chi connectivity index (χ1v) is 4.66. The Morgan fingerprint density at radius 1 is 1.58 bits per heavy atom. The number of hydrogen-bond donors (Lipinski definition) is 2. The molecule has 0 bridgehead atoms. The lowest BCUT2D eigenvalue weighted by Gasteiger charge is -2.10. The lowest BCUT2D eigenvalue weighted by molar-refractivity contribution is 0.599. The Morgan fingerprint density at radius 2 is 2.25 bits per heavy atom. The molecule has 0 fully saturated rings. The molecule has 0 saturated carbocycles. The summed E-state index contributed by atoms with van der Waals surface area (Å²) >= 11 is 0. The highest BCUT2D eigenvalue weighted by molar-refractivity contribution is 7.91. The van der Waals surface area contributed by atoms with Gasteiger partial charge in [0.05, 0.1) is 5.71 Å². The van der Waals surface area contributed by atoms with Crippen molar-refractivity contribution in [3.63, 3.8) is 0 Å². The number of hydrazone groups is 1. The first kappa shape index (κ1) is 8.88. The Morgan fingerprint density at radius 3 is 2.67 bits per heavy atom. The number of rotatable bonds is 1. The van der Waals surface area contributed by atoms with Crippen LogP contribution in [0, 0.1) is 0 Å². The number of allylic oxidation sites excluding steroid dienone is 1. The van der Waals surface area contributed by atoms with Gasteiger partial charge in [0.25, 0.3) is 0 Å². The van der Waals surface area contributed by atoms with E-state index >= 15 is 0 Å². The molecule has 1 atom stereocenters. The first-order valence-electron chi connectivity index (χ1n) is 3.05. The van der Waals surface area contributed by atoms with Crippen molar-refractivity contribution < 1.29 is 8.42 Å². The van der Waals surface area contributed by atoms with Crippen LogP contribution in [0.1, 0.15) is 0 Å². The predicted molar refractivity (Wildman–Crippen MR) is 46.1 cm³/mol. The normalized spacial score (nSPS) is 26.4. The molecule has 0 spiro atoms. The quantitative estimate of drug-likeness (QED) is 0.388. The zero-order valence-electron chi connectivity index (χ0n) is 6.08. The third-order valence-electron chi connectivity index (χ3n) is 1.35. The first-order chi connectivity index (χ1) is 5.55. The van der Waals surface area contributed by atoms with Gasteiger partial charge in [0, 0.05) is 12.4 Å². The average Bonchev–Trinajstić information content (AvgIpc) is 2.03. The molecular formula is C5H8N4O2S. The van der Waals surface area contributed by atoms with Crippen molar-refractivity contribution in [1.29, 1.82) is 0 Å². The number of nitrogens with two attached hydrogens (primary N) is 2. The fourth-order valence-corrected chi connectivity index (χ4v) is 1.50. The topological polar surface area (TPSA) is 111 Å². The molecule has 0 aliphatic carbocycles. The van der Waals surface area contributed by atoms with Gasteiger partial charge in [0.15, 0.2) is 5.25 Å². The van der Waals surface area contributed by atoms with Crippen LogP contribution in [0.15, 0.2) is 22.4 Å². The maximum absolute atomic E-state index is 10.9. The van der Waals surface area contributed by atoms with Crippen LogP contribution in [-0.4, -0.2) is 25.6 Å². The van der Waals surface area contributed by atoms with Gasteiger partial charge in [0.2, 0.25) is 10.0 Å². The van der Waals surface area contributed by atoms with E-state index in [2.05, 4.69) is 10.1 Å². The monoisotopic (exact) mass is 188 g/mol. The van der Waals surface area contributed by atoms with Gasteiger partial charge in [-0.05, 0) is 6.08 Å². The summed E-state index contributed by atoms with van der Waals surface area (Å²) < 4.78 is 21.7. The molecular weight excluding hydrogens is 180 g/mol. The molecule has 1 unspecified atom stereocenters. The maximum Gasteiger partial charge on any atom is 0.222 e. The van der Waals surface area contributed by atoms with E-state index < -0.39 is 15.3 Å². The summed E-state index contributed by atoms with van der Waals surface area (Å²) in [5, 5.41) is 7.14. The highest BCUT2D eigenvalue weighted by Gasteiger charge is 2.25. The molecule has 66 valence electrons. The van der Waals surface area contributed by atoms with Gasteiger partial charge in [-0.3, -0.25) is 4.99 Å². The SMILES string of the molecule is N/N=C1\C=CN=CC1S(N)(=O)=O. The second kappa shape index (κ2) is 3.03. The summed E-state index contributed by atoms with van der Waals surface area (Å²) in [4.78, 5) is 3.62. The Kier molecular flexibility index (Phi) is 2.25. The van der Waals surface area contributed by atoms with Gasteiger partial charge < -0.3 is 5.84 Å². The van der Waals surface area contributed by atoms with E-state index in [1.54, 1.807) is 0 Å². The minimum Gasteiger partial charge on any atom is -0.323 e. The number of sulfonamides is 1. The van der Waals surface area contributed by atoms with Gasteiger partial charge in [-0.1, -0.05) is 0 Å². The van der Waals surface area contributed by atoms with Crippen molar-refractivity contribution in [3.8, 4) is 0 Å². The highest BCUT2D eigenvalue weighted by Crippen LogP contribution is 2.02. The molecule has 0 radical (unpaired) electrons. The van der Waals surface area contributed by atoms with Crippen LogP contribution in [0.3, 0.4) is 0 Å². The van der Waals surface area contributed by atoms with Crippen molar-refractivity contribution in [1.82, 2.24) is 0 Å². The Bertz CT molecular complexity index is 354. The molecule has 1 heterocycles. The molecule has 0 saturated heterocycles. The summed E-state index contributed by atoms with van der Waals surface area (Å²) in [6, 6.07) is 0. The fourth-order valence-electron chi connectivity index (χ4n) is 0.788. The average molecular weight is 188 g/mol. The standard InChI is InChI=1S/C5H8N4O2S/c6-9-4-1-2-8-3-5(4)12(7,10)11/h1-3,5H,6H2,(H2,7,10,11)/b9-4+. The van der Waals surface area contributed by atoms with Crippen LogP contribution >= 0.6 is 0 Å². The molecule has 1 aliphatic rings. The largest absolute Gasteiger partial charge is 0.323 e. The summed E-state index contributed by atoms with van der Waals surface area (Å²) in [5.74, 6) is 4.95. The van der Waals surface area contributed by atoms with Crippen LogP contribution in [-0.2, 0) is 10.0 Å². The third-order valence-corrected chi connectivity index (χ3v) is 2.42. The molecule has 1 aliphatic heterocycles. The zero-order chi connectivity index (χ0) is 9.19. The number of hydrogen-bond acceptors (Lipinski definition) is 5. The van der Waals surface area contributed by atoms with Crippen LogP contribution in [0.2, 0.25) is 0 Å². The molecule has 7 heteroatoms. The number of primary sulfonamides is 1. The molecule has 1 rings (SSSR count). The molecule has 0 aromatic carbocycles. The fraction of sp³-hybridized carbons (Fsp3) is 0.200. The molecule has 6 nitrogen and oxygen atoms in total. The Labute approximate surface area is 69.7 Å². The predicted octanol–water partition coefficient (Wildman–Crippen LogP) is -1.44. The van der Waals surface area contributed by atoms with Crippen LogP contribution in [0.5, 0.6) is 0 Å². The molecule has 0 aromatic heterocycles. The number of aliphatic imine (C=N–C) groups is 1. The minimum absolute atomic E-state index is 0.188. The highest BCUT2D eigenvalue weighted by atomic mass is 32.2. The smallest absolute Gasteiger partial charge is 0.222 e. The van der Waals surface area contributed by atoms with E-state index in [0.29, 0.717) is 0 Å². The van der Waals surface area contributed by atoms with E-state index in [9.17, 15) is 8.42 Å². The van der Waals surface area contributed by atoms with E-state index in [4.69, 9.17) is 11.0 Å². The lowest BCUT2D eigenvalue weighted by atomic mass is 10.2. The van der Waals surface area contributed by atoms with Crippen molar-refractivity contribution in [2.45, 2.75) is 5.25 Å². The van der Waals surface area contributed by atoms with Crippen LogP contribution < -0.4 is 11.0 Å². The second-order valence-corrected chi connectivity index (χ2v) is 3.86. The summed E-state index contributed by atoms with van der Waals surface area (Å²) in [5.41, 5.74) is 0.188. The van der Waals surface area contributed by atoms with Crippen LogP contribution in [0.25, 0.3) is 0 Å². The molecule has 0 aromatic rings. The van der Waals surface area contributed by atoms with Gasteiger partial charge in [-0.15, -0.1) is 0 Å². The van der Waals surface area contributed by atoms with Crippen LogP contribution in [0.4, 0.5) is 0 Å². The van der Waals surface area contributed by atoms with Crippen molar-refractivity contribution in [2.75, 3.05) is 0 Å². The van der Waals surface area contributed by atoms with E-state index in [1.165, 1.54) is 18.5 Å². The summed E-state index contributed by atoms with van der Waals surface area (Å²) in [6.07, 6.45) is 3.98. The van der Waals surface area contributed by atoms with Crippen molar-refractivity contribution in [2.24, 2.45) is 21.1 Å². The van der Waals surface area contributed by atoms with Crippen molar-refractivity contribution >= 4 is 21.9 Å². The number of nitrogens with zero attached hydrogens (tertiary/aromatic N) is 2. The van der Waals surface area contributed by atoms with Gasteiger partial charge in [-0.25, -0.2) is 13.6 Å². The summed E-state index contributed by atoms with van der Waals surface area (Å²) in [6.45, 7) is 0. The minimum atomic E-state index is -3.70. The van der Waals surface area contributed by atoms with Gasteiger partial charge in [0.1, 0.15) is 0 Å². The summed E-state index contributed by atoms with van der Waals surface area (Å²) in [7, 11) is -3.70. The molecule has 12 heavy (non-hydrogen) atoms. The molecule has 0 amide bonds. The Hall–Kier alpha value is -1.21. The van der Waals surface area contributed by atoms with E-state index in [-0.39, 0.29) is 5.71 Å². The maximum atomic E-state index is 10.9. The third kappa shape index (κ3) is 1.69. The van der Waals surface area contributed by atoms with E-state index in [0.717, 1.165) is 0 Å². The zero-order valence-corrected chi connectivity index (χ0v) is 6.90. The lowest BCUT2D eigenvalue weighted by Crippen LogP contribution is -2.37. The van der Waals surface area contributed by atoms with Gasteiger partial charge in [-0.2, -0.15) is 5.10 Å². The van der Waals surface area contributed by atoms with Crippen molar-refractivity contribution in [3.05, 3.63) is 12.3 Å². The Balaban J connectivity index is 3.08.